The van der Waals surface area contributed by atoms with E-state index in [0.717, 1.165) is 10.6 Å². The van der Waals surface area contributed by atoms with Gasteiger partial charge in [-0.05, 0) is 40.7 Å². The first-order chi connectivity index (χ1) is 14.1. The molecule has 0 radical (unpaired) electrons. The van der Waals surface area contributed by atoms with Crippen LogP contribution in [0.1, 0.15) is 45.1 Å². The second-order valence-corrected chi connectivity index (χ2v) is 9.23. The van der Waals surface area contributed by atoms with Crippen LogP contribution in [-0.4, -0.2) is 65.9 Å². The Morgan fingerprint density at radius 2 is 2.10 bits per heavy atom. The number of thiazole rings is 1. The van der Waals surface area contributed by atoms with Crippen LogP contribution in [0.3, 0.4) is 0 Å². The number of allylic oxidation sites excluding steroid dienone is 3. The molecule has 1 fully saturated rings. The minimum atomic E-state index is -0.529. The number of carbonyl (C=O) groups is 2. The van der Waals surface area contributed by atoms with Gasteiger partial charge in [-0.15, -0.1) is 11.3 Å². The monoisotopic (exact) mass is 430 g/mol. The van der Waals surface area contributed by atoms with Gasteiger partial charge < -0.3 is 19.9 Å². The highest BCUT2D eigenvalue weighted by molar-refractivity contribution is 7.17. The normalized spacial score (nSPS) is 18.2. The molecule has 0 bridgehead atoms. The molecule has 30 heavy (non-hydrogen) atoms. The number of amides is 2. The topological polar surface area (TPSA) is 74.8 Å². The molecule has 1 atom stereocenters. The van der Waals surface area contributed by atoms with Crippen molar-refractivity contribution in [3.05, 3.63) is 47.3 Å². The summed E-state index contributed by atoms with van der Waals surface area (Å²) in [5.41, 5.74) is 1.41. The molecule has 1 aliphatic heterocycles. The van der Waals surface area contributed by atoms with Crippen LogP contribution in [0.4, 0.5) is 4.79 Å². The lowest BCUT2D eigenvalue weighted by Crippen LogP contribution is -2.55. The Bertz CT molecular complexity index is 857. The van der Waals surface area contributed by atoms with Crippen LogP contribution in [0, 0.1) is 0 Å². The number of rotatable bonds is 5. The second-order valence-electron chi connectivity index (χ2n) is 8.16. The molecule has 2 rings (SSSR count). The number of hydrogen-bond donors (Lipinski definition) is 1. The van der Waals surface area contributed by atoms with E-state index in [9.17, 15) is 9.59 Å². The average molecular weight is 430 g/mol. The van der Waals surface area contributed by atoms with Crippen molar-refractivity contribution < 1.29 is 14.3 Å². The van der Waals surface area contributed by atoms with Crippen LogP contribution in [0.5, 0.6) is 0 Å². The van der Waals surface area contributed by atoms with Crippen LogP contribution in [0.2, 0.25) is 0 Å². The summed E-state index contributed by atoms with van der Waals surface area (Å²) in [5, 5.41) is 4.71. The van der Waals surface area contributed by atoms with E-state index in [-0.39, 0.29) is 18.0 Å². The Kier molecular flexibility index (Phi) is 7.89. The van der Waals surface area contributed by atoms with Gasteiger partial charge in [0.25, 0.3) is 5.91 Å². The molecule has 1 aromatic heterocycles. The third-order valence-corrected chi connectivity index (χ3v) is 5.31. The lowest BCUT2D eigenvalue weighted by Gasteiger charge is -2.42. The number of nitrogens with zero attached hydrogens (tertiary/aromatic N) is 3. The lowest BCUT2D eigenvalue weighted by molar-refractivity contribution is 0.00517. The van der Waals surface area contributed by atoms with Crippen molar-refractivity contribution in [1.29, 1.82) is 0 Å². The molecule has 0 spiro atoms. The minimum absolute atomic E-state index is 0.0446. The first-order valence-electron chi connectivity index (χ1n) is 10.0. The van der Waals surface area contributed by atoms with Crippen LogP contribution in [-0.2, 0) is 4.74 Å². The van der Waals surface area contributed by atoms with Gasteiger partial charge in [-0.1, -0.05) is 18.7 Å². The zero-order valence-corrected chi connectivity index (χ0v) is 19.5. The van der Waals surface area contributed by atoms with E-state index in [1.165, 1.54) is 11.3 Å². The second kappa shape index (κ2) is 9.97. The van der Waals surface area contributed by atoms with Gasteiger partial charge >= 0.3 is 6.09 Å². The van der Waals surface area contributed by atoms with E-state index in [2.05, 4.69) is 21.8 Å². The Morgan fingerprint density at radius 3 is 2.60 bits per heavy atom. The summed E-state index contributed by atoms with van der Waals surface area (Å²) in [6, 6.07) is -0.0446. The molecule has 1 aliphatic rings. The third-order valence-electron chi connectivity index (χ3n) is 4.54. The van der Waals surface area contributed by atoms with Gasteiger partial charge in [-0.2, -0.15) is 0 Å². The Morgan fingerprint density at radius 1 is 1.40 bits per heavy atom. The van der Waals surface area contributed by atoms with E-state index in [4.69, 9.17) is 4.74 Å². The number of nitrogens with one attached hydrogen (secondary N) is 1. The molecule has 1 N–H and O–H groups in total. The van der Waals surface area contributed by atoms with E-state index >= 15 is 0 Å². The van der Waals surface area contributed by atoms with Crippen LogP contribution in [0.15, 0.2) is 41.6 Å². The molecule has 162 valence electrons. The van der Waals surface area contributed by atoms with Crippen LogP contribution < -0.4 is 10.2 Å². The number of ether oxygens (including phenoxy) is 1. The average Bonchev–Trinajstić information content (AvgIpc) is 3.09. The summed E-state index contributed by atoms with van der Waals surface area (Å²) in [4.78, 5) is 34.1. The number of piperazine rings is 1. The van der Waals surface area contributed by atoms with Crippen molar-refractivity contribution in [2.75, 3.05) is 19.6 Å². The lowest BCUT2D eigenvalue weighted by atomic mass is 10.1. The zero-order valence-electron chi connectivity index (χ0n) is 18.7. The fourth-order valence-corrected chi connectivity index (χ4v) is 3.78. The van der Waals surface area contributed by atoms with Gasteiger partial charge in [-0.3, -0.25) is 4.79 Å². The molecule has 7 nitrogen and oxygen atoms in total. The van der Waals surface area contributed by atoms with Gasteiger partial charge in [0.1, 0.15) is 11.3 Å². The molecule has 0 unspecified atom stereocenters. The number of aromatic nitrogens is 1. The predicted octanol–water partition coefficient (Wildman–Crippen LogP) is 2.05. The molecular formula is C21H31BN4O3S. The molecule has 0 aliphatic carbocycles. The highest BCUT2D eigenvalue weighted by atomic mass is 32.1. The molecule has 2 heterocycles. The van der Waals surface area contributed by atoms with Crippen molar-refractivity contribution in [1.82, 2.24) is 20.1 Å². The van der Waals surface area contributed by atoms with Gasteiger partial charge in [0.2, 0.25) is 0 Å². The fourth-order valence-electron chi connectivity index (χ4n) is 3.18. The van der Waals surface area contributed by atoms with E-state index in [1.54, 1.807) is 16.4 Å². The zero-order chi connectivity index (χ0) is 22.5. The van der Waals surface area contributed by atoms with Crippen molar-refractivity contribution in [3.63, 3.8) is 0 Å². The molecular weight excluding hydrogens is 399 g/mol. The van der Waals surface area contributed by atoms with Crippen molar-refractivity contribution in [2.45, 2.75) is 46.3 Å². The summed E-state index contributed by atoms with van der Waals surface area (Å²) in [7, 11) is 1.87. The van der Waals surface area contributed by atoms with E-state index in [1.807, 2.05) is 54.6 Å². The molecule has 1 saturated heterocycles. The van der Waals surface area contributed by atoms with Gasteiger partial charge in [-0.25, -0.2) is 9.78 Å². The third kappa shape index (κ3) is 6.22. The SMILES string of the molecule is Bc1nc(C(=O)NC(=C/C)/C(=C\C=C)N2CCN(C(=O)OC(C)(C)C)[C@@H](C)C2)cs1. The molecule has 1 aromatic rings. The Hall–Kier alpha value is -2.55. The summed E-state index contributed by atoms with van der Waals surface area (Å²) in [6.45, 7) is 15.0. The van der Waals surface area contributed by atoms with Crippen molar-refractivity contribution >= 4 is 36.1 Å². The molecule has 0 aromatic carbocycles. The quantitative estimate of drug-likeness (QED) is 0.572. The summed E-state index contributed by atoms with van der Waals surface area (Å²) < 4.78 is 5.53. The summed E-state index contributed by atoms with van der Waals surface area (Å²) in [6.07, 6.45) is 5.13. The van der Waals surface area contributed by atoms with Crippen molar-refractivity contribution in [2.24, 2.45) is 0 Å². The van der Waals surface area contributed by atoms with Gasteiger partial charge in [0.05, 0.1) is 11.4 Å². The predicted molar refractivity (Wildman–Crippen MR) is 124 cm³/mol. The Labute approximate surface area is 183 Å². The molecule has 2 amide bonds. The van der Waals surface area contributed by atoms with E-state index in [0.29, 0.717) is 31.0 Å². The minimum Gasteiger partial charge on any atom is -0.444 e. The summed E-state index contributed by atoms with van der Waals surface area (Å²) in [5.74, 6) is -0.247. The van der Waals surface area contributed by atoms with Gasteiger partial charge in [0.15, 0.2) is 7.85 Å². The van der Waals surface area contributed by atoms with Gasteiger partial charge in [0, 0.05) is 36.0 Å². The largest absolute Gasteiger partial charge is 0.444 e. The molecule has 9 heteroatoms. The fraction of sp³-hybridized carbons (Fsp3) is 0.476. The highest BCUT2D eigenvalue weighted by Gasteiger charge is 2.32. The maximum absolute atomic E-state index is 12.6. The highest BCUT2D eigenvalue weighted by Crippen LogP contribution is 2.21. The standard InChI is InChI=1S/C21H31BN4O3S/c1-7-9-17(15(8-2)23-18(27)16-13-30-19(22)24-16)25-10-11-26(14(3)12-25)20(28)29-21(4,5)6/h7-9,13-14H,1,10-12,22H2,2-6H3,(H,23,27)/b15-8+,17-9+/t14-/m0/s1. The molecule has 0 saturated carbocycles. The smallest absolute Gasteiger partial charge is 0.410 e. The maximum atomic E-state index is 12.6. The first-order valence-corrected chi connectivity index (χ1v) is 10.9. The Balaban J connectivity index is 2.12. The summed E-state index contributed by atoms with van der Waals surface area (Å²) >= 11 is 1.44. The van der Waals surface area contributed by atoms with E-state index < -0.39 is 5.60 Å². The number of carbonyl (C=O) groups excluding carboxylic acids is 2. The van der Waals surface area contributed by atoms with Crippen LogP contribution in [0.25, 0.3) is 0 Å². The maximum Gasteiger partial charge on any atom is 0.410 e. The van der Waals surface area contributed by atoms with Crippen LogP contribution >= 0.6 is 11.3 Å². The van der Waals surface area contributed by atoms with Crippen molar-refractivity contribution in [3.8, 4) is 0 Å². The first kappa shape index (κ1) is 23.7. The number of hydrogen-bond acceptors (Lipinski definition) is 6.